The third-order valence-corrected chi connectivity index (χ3v) is 22.9. The van der Waals surface area contributed by atoms with Crippen molar-refractivity contribution in [2.45, 2.75) is 207 Å². The molecule has 0 bridgehead atoms. The minimum Gasteiger partial charge on any atom is -0.375 e. The smallest absolute Gasteiger partial charge is 0.175 e. The molecule has 72 heavy (non-hydrogen) atoms. The van der Waals surface area contributed by atoms with Crippen molar-refractivity contribution in [1.82, 2.24) is 0 Å². The molecule has 0 radical (unpaired) electrons. The van der Waals surface area contributed by atoms with Gasteiger partial charge in [0.1, 0.15) is 0 Å². The number of rotatable bonds is 13. The van der Waals surface area contributed by atoms with E-state index in [0.717, 1.165) is 67.5 Å². The Labute approximate surface area is 438 Å². The highest BCUT2D eigenvalue weighted by Crippen LogP contribution is 2.70. The fourth-order valence-electron chi connectivity index (χ4n) is 19.5. The molecule has 13 atom stereocenters. The quantitative estimate of drug-likeness (QED) is 0.134. The second-order valence-corrected chi connectivity index (χ2v) is 26.4. The molecule has 390 valence electrons. The average Bonchev–Trinajstić information content (AvgIpc) is 4.17. The van der Waals surface area contributed by atoms with Crippen LogP contribution in [0, 0.1) is 63.1 Å². The minimum atomic E-state index is -0.462. The zero-order valence-corrected chi connectivity index (χ0v) is 45.1. The Kier molecular flexibility index (Phi) is 15.3. The van der Waals surface area contributed by atoms with Crippen LogP contribution in [0.15, 0.2) is 121 Å². The first-order chi connectivity index (χ1) is 34.4. The van der Waals surface area contributed by atoms with Gasteiger partial charge in [-0.25, -0.2) is 0 Å². The summed E-state index contributed by atoms with van der Waals surface area (Å²) in [4.78, 5) is 0. The van der Waals surface area contributed by atoms with Gasteiger partial charge in [-0.2, -0.15) is 0 Å². The van der Waals surface area contributed by atoms with Crippen LogP contribution < -0.4 is 0 Å². The SMILES string of the molecule is C.CC(C)CCC[C@@H](C)[C@H]1CC[C@H]2[C@@H]3CC[C@H]4C[C@@H](O[C@]56CCC[C@@]5(C(c5ccccc5)c5ccccc5)CCO6)CC[C@]4(C)[C@H]3CC[C@]12C.C[C@]12CCC[C@@]1(C(c1ccccc1)c1ccccc1)CCO2. The first kappa shape index (κ1) is 52.2. The number of fused-ring (bicyclic) bond motifs is 7. The summed E-state index contributed by atoms with van der Waals surface area (Å²) < 4.78 is 20.8. The molecule has 12 rings (SSSR count). The van der Waals surface area contributed by atoms with Crippen molar-refractivity contribution < 1.29 is 14.2 Å². The van der Waals surface area contributed by atoms with Gasteiger partial charge in [0.25, 0.3) is 0 Å². The van der Waals surface area contributed by atoms with E-state index >= 15 is 0 Å². The lowest BCUT2D eigenvalue weighted by Crippen LogP contribution is -2.55. The first-order valence-electron chi connectivity index (χ1n) is 29.6. The molecule has 0 amide bonds. The van der Waals surface area contributed by atoms with E-state index in [-0.39, 0.29) is 23.9 Å². The van der Waals surface area contributed by atoms with Crippen LogP contribution >= 0.6 is 0 Å². The van der Waals surface area contributed by atoms with Crippen LogP contribution in [-0.4, -0.2) is 30.7 Å². The summed E-state index contributed by atoms with van der Waals surface area (Å²) in [5.74, 6) is 6.62. The third-order valence-electron chi connectivity index (χ3n) is 22.9. The minimum absolute atomic E-state index is 0. The van der Waals surface area contributed by atoms with E-state index in [4.69, 9.17) is 14.2 Å². The van der Waals surface area contributed by atoms with Gasteiger partial charge in [0, 0.05) is 35.7 Å². The highest BCUT2D eigenvalue weighted by atomic mass is 16.7. The van der Waals surface area contributed by atoms with Crippen LogP contribution in [0.1, 0.15) is 211 Å². The van der Waals surface area contributed by atoms with E-state index in [1.807, 2.05) is 0 Å². The molecule has 3 nitrogen and oxygen atoms in total. The number of benzene rings is 4. The van der Waals surface area contributed by atoms with Crippen LogP contribution in [0.5, 0.6) is 0 Å². The van der Waals surface area contributed by atoms with Crippen LogP contribution in [0.25, 0.3) is 0 Å². The van der Waals surface area contributed by atoms with Gasteiger partial charge in [-0.05, 0) is 184 Å². The molecule has 0 spiro atoms. The zero-order chi connectivity index (χ0) is 48.9. The summed E-state index contributed by atoms with van der Waals surface area (Å²) in [6.45, 7) is 17.0. The standard InChI is InChI=1S/C47H68O2.C21H24O.CH4/c1-33(2)14-12-15-34(3)40-22-23-41-39-21-20-37-32-38(24-28-44(37,4)42(39)25-29-45(40,41)5)49-47-27-13-26-46(47,30-31-48-47)43(35-16-8-6-9-17-35)36-18-10-7-11-19-36;1-20-13-8-14-21(20,15-16-22-20)19(17-9-4-2-5-10-17)18-11-6-3-7-12-18;/h6-11,16-19,33-34,37-43H,12-15,20-32H2,1-5H3;2-7,9-12,19H,8,13-16H2,1H3;1H4/t34-,37+,38+,39+,40-,41+,42+,44+,45-,46+,47-;20-,21-;/m10./s1. The van der Waals surface area contributed by atoms with Crippen molar-refractivity contribution in [2.75, 3.05) is 13.2 Å². The molecular weight excluding hydrogens is 877 g/mol. The molecule has 2 saturated heterocycles. The molecule has 2 aliphatic heterocycles. The van der Waals surface area contributed by atoms with Gasteiger partial charge in [-0.15, -0.1) is 0 Å². The molecule has 0 N–H and O–H groups in total. The Balaban J connectivity index is 0.000000216. The van der Waals surface area contributed by atoms with Crippen molar-refractivity contribution in [3.63, 3.8) is 0 Å². The van der Waals surface area contributed by atoms with E-state index in [2.05, 4.69) is 163 Å². The van der Waals surface area contributed by atoms with Crippen molar-refractivity contribution in [3.8, 4) is 0 Å². The lowest BCUT2D eigenvalue weighted by atomic mass is 9.44. The van der Waals surface area contributed by atoms with E-state index in [0.29, 0.717) is 28.8 Å². The van der Waals surface area contributed by atoms with Crippen LogP contribution in [0.2, 0.25) is 0 Å². The molecular formula is C69H96O3. The van der Waals surface area contributed by atoms with Gasteiger partial charge in [-0.1, -0.05) is 183 Å². The van der Waals surface area contributed by atoms with Gasteiger partial charge < -0.3 is 14.2 Å². The topological polar surface area (TPSA) is 27.7 Å². The molecule has 8 fully saturated rings. The number of hydrogen-bond donors (Lipinski definition) is 0. The Morgan fingerprint density at radius 2 is 1.04 bits per heavy atom. The molecule has 0 aromatic heterocycles. The fourth-order valence-corrected chi connectivity index (χ4v) is 19.5. The van der Waals surface area contributed by atoms with Crippen LogP contribution in [0.4, 0.5) is 0 Å². The first-order valence-corrected chi connectivity index (χ1v) is 29.6. The van der Waals surface area contributed by atoms with Gasteiger partial charge in [-0.3, -0.25) is 0 Å². The number of ether oxygens (including phenoxy) is 3. The zero-order valence-electron chi connectivity index (χ0n) is 45.1. The predicted octanol–water partition coefficient (Wildman–Crippen LogP) is 18.4. The lowest BCUT2D eigenvalue weighted by Gasteiger charge is -2.61. The molecule has 3 heteroatoms. The van der Waals surface area contributed by atoms with Gasteiger partial charge in [0.15, 0.2) is 5.79 Å². The second-order valence-electron chi connectivity index (χ2n) is 26.4. The molecule has 8 aliphatic rings. The maximum absolute atomic E-state index is 7.57. The molecule has 4 aromatic rings. The van der Waals surface area contributed by atoms with E-state index in [1.165, 1.54) is 138 Å². The Morgan fingerprint density at radius 1 is 0.514 bits per heavy atom. The van der Waals surface area contributed by atoms with Gasteiger partial charge in [0.2, 0.25) is 0 Å². The maximum Gasteiger partial charge on any atom is 0.175 e. The summed E-state index contributed by atoms with van der Waals surface area (Å²) >= 11 is 0. The highest BCUT2D eigenvalue weighted by molar-refractivity contribution is 5.39. The maximum atomic E-state index is 7.57. The van der Waals surface area contributed by atoms with Gasteiger partial charge in [0.05, 0.1) is 18.3 Å². The monoisotopic (exact) mass is 973 g/mol. The van der Waals surface area contributed by atoms with Crippen LogP contribution in [0.3, 0.4) is 0 Å². The molecule has 6 saturated carbocycles. The normalized spacial score (nSPS) is 38.0. The summed E-state index contributed by atoms with van der Waals surface area (Å²) in [6, 6.07) is 44.7. The van der Waals surface area contributed by atoms with Crippen molar-refractivity contribution >= 4 is 0 Å². The summed E-state index contributed by atoms with van der Waals surface area (Å²) in [5.41, 5.74) is 7.06. The summed E-state index contributed by atoms with van der Waals surface area (Å²) in [6.07, 6.45) is 26.8. The molecule has 2 heterocycles. The van der Waals surface area contributed by atoms with Crippen LogP contribution in [-0.2, 0) is 14.2 Å². The molecule has 0 unspecified atom stereocenters. The number of hydrogen-bond acceptors (Lipinski definition) is 3. The summed E-state index contributed by atoms with van der Waals surface area (Å²) in [7, 11) is 0. The van der Waals surface area contributed by atoms with Crippen molar-refractivity contribution in [3.05, 3.63) is 144 Å². The Bertz CT molecular complexity index is 2240. The van der Waals surface area contributed by atoms with Crippen molar-refractivity contribution in [2.24, 2.45) is 63.1 Å². The van der Waals surface area contributed by atoms with E-state index < -0.39 is 5.79 Å². The van der Waals surface area contributed by atoms with E-state index in [1.54, 1.807) is 0 Å². The third kappa shape index (κ3) is 8.93. The molecule has 6 aliphatic carbocycles. The lowest BCUT2D eigenvalue weighted by molar-refractivity contribution is -0.284. The average molecular weight is 974 g/mol. The Hall–Kier alpha value is -3.24. The van der Waals surface area contributed by atoms with E-state index in [9.17, 15) is 0 Å². The highest BCUT2D eigenvalue weighted by Gasteiger charge is 2.67. The van der Waals surface area contributed by atoms with Gasteiger partial charge >= 0.3 is 0 Å². The second kappa shape index (κ2) is 21.1. The van der Waals surface area contributed by atoms with Crippen molar-refractivity contribution in [1.29, 1.82) is 0 Å². The summed E-state index contributed by atoms with van der Waals surface area (Å²) in [5, 5.41) is 0. The fraction of sp³-hybridized carbons (Fsp3) is 0.652. The Morgan fingerprint density at radius 3 is 1.65 bits per heavy atom. The largest absolute Gasteiger partial charge is 0.375 e. The molecule has 4 aromatic carbocycles. The predicted molar refractivity (Wildman–Crippen MR) is 299 cm³/mol.